The molecule has 0 bridgehead atoms. The Kier molecular flexibility index (Phi) is 3.21. The fourth-order valence-electron chi connectivity index (χ4n) is 2.90. The molecular formula is C18H13N3S. The molecule has 0 amide bonds. The molecule has 0 atom stereocenters. The number of hydrogen-bond donors (Lipinski definition) is 0. The van der Waals surface area contributed by atoms with Crippen molar-refractivity contribution < 1.29 is 0 Å². The number of nitriles is 1. The van der Waals surface area contributed by atoms with E-state index in [-0.39, 0.29) is 0 Å². The molecule has 0 spiro atoms. The van der Waals surface area contributed by atoms with Crippen LogP contribution in [0.2, 0.25) is 0 Å². The molecule has 1 aromatic carbocycles. The fourth-order valence-corrected chi connectivity index (χ4v) is 4.09. The molecule has 3 nitrogen and oxygen atoms in total. The van der Waals surface area contributed by atoms with Crippen molar-refractivity contribution in [3.63, 3.8) is 0 Å². The van der Waals surface area contributed by atoms with E-state index in [9.17, 15) is 5.26 Å². The minimum Gasteiger partial charge on any atom is -0.256 e. The molecule has 0 fully saturated rings. The molecule has 1 aliphatic carbocycles. The lowest BCUT2D eigenvalue weighted by Crippen LogP contribution is -1.84. The van der Waals surface area contributed by atoms with E-state index in [4.69, 9.17) is 0 Å². The summed E-state index contributed by atoms with van der Waals surface area (Å²) in [7, 11) is 0. The molecule has 0 saturated heterocycles. The lowest BCUT2D eigenvalue weighted by atomic mass is 10.1. The molecule has 0 radical (unpaired) electrons. The largest absolute Gasteiger partial charge is 0.256 e. The van der Waals surface area contributed by atoms with Gasteiger partial charge in [0.2, 0.25) is 0 Å². The first-order valence-electron chi connectivity index (χ1n) is 7.28. The van der Waals surface area contributed by atoms with Crippen molar-refractivity contribution >= 4 is 33.5 Å². The SMILES string of the molecule is N#Cc1c(/N=C/c2ccc3ncccc3c2)sc2c1CCC2. The highest BCUT2D eigenvalue weighted by Gasteiger charge is 2.21. The zero-order valence-electron chi connectivity index (χ0n) is 11.9. The number of aliphatic imine (C=N–C) groups is 1. The van der Waals surface area contributed by atoms with Crippen LogP contribution in [0.3, 0.4) is 0 Å². The van der Waals surface area contributed by atoms with Crippen molar-refractivity contribution in [1.82, 2.24) is 4.98 Å². The molecule has 22 heavy (non-hydrogen) atoms. The topological polar surface area (TPSA) is 49.0 Å². The number of pyridine rings is 1. The Hall–Kier alpha value is -2.51. The van der Waals surface area contributed by atoms with Crippen LogP contribution in [-0.4, -0.2) is 11.2 Å². The summed E-state index contributed by atoms with van der Waals surface area (Å²) in [4.78, 5) is 10.2. The van der Waals surface area contributed by atoms with Crippen LogP contribution in [0.5, 0.6) is 0 Å². The Balaban J connectivity index is 1.70. The zero-order valence-corrected chi connectivity index (χ0v) is 12.7. The van der Waals surface area contributed by atoms with Gasteiger partial charge in [-0.3, -0.25) is 4.98 Å². The van der Waals surface area contributed by atoms with Crippen LogP contribution < -0.4 is 0 Å². The number of nitrogens with zero attached hydrogens (tertiary/aromatic N) is 3. The van der Waals surface area contributed by atoms with Gasteiger partial charge in [0.05, 0.1) is 11.1 Å². The van der Waals surface area contributed by atoms with Gasteiger partial charge in [-0.15, -0.1) is 11.3 Å². The van der Waals surface area contributed by atoms with Crippen LogP contribution in [0, 0.1) is 11.3 Å². The normalized spacial score (nSPS) is 13.6. The van der Waals surface area contributed by atoms with E-state index >= 15 is 0 Å². The number of aryl methyl sites for hydroxylation is 1. The van der Waals surface area contributed by atoms with Gasteiger partial charge < -0.3 is 0 Å². The Bertz CT molecular complexity index is 931. The summed E-state index contributed by atoms with van der Waals surface area (Å²) in [5.41, 5.74) is 4.00. The van der Waals surface area contributed by atoms with E-state index in [0.29, 0.717) is 0 Å². The van der Waals surface area contributed by atoms with E-state index < -0.39 is 0 Å². The smallest absolute Gasteiger partial charge is 0.134 e. The predicted octanol–water partition coefficient (Wildman–Crippen LogP) is 4.41. The maximum Gasteiger partial charge on any atom is 0.134 e. The molecule has 4 rings (SSSR count). The van der Waals surface area contributed by atoms with E-state index in [1.807, 2.05) is 30.5 Å². The van der Waals surface area contributed by atoms with Crippen molar-refractivity contribution in [1.29, 1.82) is 5.26 Å². The number of hydrogen-bond acceptors (Lipinski definition) is 4. The summed E-state index contributed by atoms with van der Waals surface area (Å²) in [5.74, 6) is 0. The molecule has 0 N–H and O–H groups in total. The van der Waals surface area contributed by atoms with E-state index in [2.05, 4.69) is 22.1 Å². The van der Waals surface area contributed by atoms with E-state index in [1.54, 1.807) is 17.5 Å². The maximum absolute atomic E-state index is 9.38. The molecule has 0 saturated carbocycles. The monoisotopic (exact) mass is 303 g/mol. The lowest BCUT2D eigenvalue weighted by molar-refractivity contribution is 0.913. The van der Waals surface area contributed by atoms with Gasteiger partial charge in [0, 0.05) is 22.7 Å². The first-order valence-corrected chi connectivity index (χ1v) is 8.10. The lowest BCUT2D eigenvalue weighted by Gasteiger charge is -1.98. The Morgan fingerprint density at radius 1 is 1.27 bits per heavy atom. The van der Waals surface area contributed by atoms with Gasteiger partial charge in [0.1, 0.15) is 11.1 Å². The minimum atomic E-state index is 0.774. The van der Waals surface area contributed by atoms with Gasteiger partial charge in [-0.25, -0.2) is 4.99 Å². The van der Waals surface area contributed by atoms with Crippen LogP contribution in [0.15, 0.2) is 41.5 Å². The van der Waals surface area contributed by atoms with E-state index in [0.717, 1.165) is 46.3 Å². The van der Waals surface area contributed by atoms with Crippen molar-refractivity contribution in [3.05, 3.63) is 58.1 Å². The summed E-state index contributed by atoms with van der Waals surface area (Å²) in [5, 5.41) is 11.3. The molecule has 2 aromatic heterocycles. The highest BCUT2D eigenvalue weighted by atomic mass is 32.1. The van der Waals surface area contributed by atoms with Crippen LogP contribution in [0.1, 0.15) is 28.0 Å². The second kappa shape index (κ2) is 5.36. The van der Waals surface area contributed by atoms with Gasteiger partial charge in [-0.1, -0.05) is 12.1 Å². The van der Waals surface area contributed by atoms with Crippen molar-refractivity contribution in [2.24, 2.45) is 4.99 Å². The quantitative estimate of drug-likeness (QED) is 0.658. The van der Waals surface area contributed by atoms with Gasteiger partial charge in [-0.05, 0) is 48.6 Å². The van der Waals surface area contributed by atoms with Crippen molar-refractivity contribution in [2.45, 2.75) is 19.3 Å². The average molecular weight is 303 g/mol. The third-order valence-corrected chi connectivity index (χ3v) is 5.17. The second-order valence-electron chi connectivity index (χ2n) is 5.36. The van der Waals surface area contributed by atoms with Crippen molar-refractivity contribution in [3.8, 4) is 6.07 Å². The summed E-state index contributed by atoms with van der Waals surface area (Å²) in [6, 6.07) is 12.4. The number of rotatable bonds is 2. The van der Waals surface area contributed by atoms with Gasteiger partial charge >= 0.3 is 0 Å². The first kappa shape index (κ1) is 13.2. The summed E-state index contributed by atoms with van der Waals surface area (Å²) >= 11 is 1.66. The highest BCUT2D eigenvalue weighted by Crippen LogP contribution is 2.40. The van der Waals surface area contributed by atoms with Gasteiger partial charge in [0.15, 0.2) is 0 Å². The van der Waals surface area contributed by atoms with Crippen LogP contribution >= 0.6 is 11.3 Å². The van der Waals surface area contributed by atoms with Crippen molar-refractivity contribution in [2.75, 3.05) is 0 Å². The second-order valence-corrected chi connectivity index (χ2v) is 6.45. The van der Waals surface area contributed by atoms with E-state index in [1.165, 1.54) is 10.4 Å². The molecule has 106 valence electrons. The fraction of sp³-hybridized carbons (Fsp3) is 0.167. The molecule has 3 aromatic rings. The summed E-state index contributed by atoms with van der Waals surface area (Å²) < 4.78 is 0. The van der Waals surface area contributed by atoms with Crippen LogP contribution in [0.4, 0.5) is 5.00 Å². The third-order valence-electron chi connectivity index (χ3n) is 3.97. The predicted molar refractivity (Wildman–Crippen MR) is 90.1 cm³/mol. The Morgan fingerprint density at radius 2 is 2.23 bits per heavy atom. The summed E-state index contributed by atoms with van der Waals surface area (Å²) in [6.07, 6.45) is 6.91. The van der Waals surface area contributed by atoms with Gasteiger partial charge in [0.25, 0.3) is 0 Å². The van der Waals surface area contributed by atoms with Crippen LogP contribution in [-0.2, 0) is 12.8 Å². The Morgan fingerprint density at radius 3 is 3.14 bits per heavy atom. The molecule has 0 unspecified atom stereocenters. The number of fused-ring (bicyclic) bond motifs is 2. The zero-order chi connectivity index (χ0) is 14.9. The average Bonchev–Trinajstić information content (AvgIpc) is 3.13. The standard InChI is InChI=1S/C18H13N3S/c19-10-15-14-4-1-5-17(14)22-18(15)21-11-12-6-7-16-13(9-12)3-2-8-20-16/h2-3,6-9,11H,1,4-5H2/b21-11+. The molecule has 0 aliphatic heterocycles. The highest BCUT2D eigenvalue weighted by molar-refractivity contribution is 7.16. The number of thiophene rings is 1. The molecule has 4 heteroatoms. The summed E-state index contributed by atoms with van der Waals surface area (Å²) in [6.45, 7) is 0. The maximum atomic E-state index is 9.38. The third kappa shape index (κ3) is 2.20. The van der Waals surface area contributed by atoms with Gasteiger partial charge in [-0.2, -0.15) is 5.26 Å². The van der Waals surface area contributed by atoms with Crippen LogP contribution in [0.25, 0.3) is 10.9 Å². The molecular weight excluding hydrogens is 290 g/mol. The molecule has 2 heterocycles. The minimum absolute atomic E-state index is 0.774. The molecule has 1 aliphatic rings. The number of benzene rings is 1. The first-order chi connectivity index (χ1) is 10.8. The number of aromatic nitrogens is 1. The Labute approximate surface area is 132 Å².